The Morgan fingerprint density at radius 1 is 0.973 bits per heavy atom. The molecule has 0 radical (unpaired) electrons. The highest BCUT2D eigenvalue weighted by molar-refractivity contribution is 6.07. The number of carbonyl (C=O) groups excluding carboxylic acids is 3. The summed E-state index contributed by atoms with van der Waals surface area (Å²) in [5.41, 5.74) is 9.84. The van der Waals surface area contributed by atoms with Crippen LogP contribution in [0.15, 0.2) is 48.6 Å². The highest BCUT2D eigenvalue weighted by atomic mass is 16.2. The lowest BCUT2D eigenvalue weighted by Gasteiger charge is -2.24. The van der Waals surface area contributed by atoms with Gasteiger partial charge in [0, 0.05) is 41.2 Å². The van der Waals surface area contributed by atoms with E-state index in [0.717, 1.165) is 40.2 Å². The van der Waals surface area contributed by atoms with E-state index in [0.29, 0.717) is 32.2 Å². The molecule has 4 rings (SSSR count). The van der Waals surface area contributed by atoms with Crippen LogP contribution in [-0.4, -0.2) is 47.4 Å². The topological polar surface area (TPSA) is 129 Å². The van der Waals surface area contributed by atoms with E-state index in [4.69, 9.17) is 5.73 Å². The second-order valence-electron chi connectivity index (χ2n) is 10.0. The van der Waals surface area contributed by atoms with Crippen LogP contribution in [-0.2, 0) is 27.2 Å². The molecular formula is C29H37N5O3. The molecule has 3 amide bonds. The third kappa shape index (κ3) is 6.77. The Kier molecular flexibility index (Phi) is 8.61. The van der Waals surface area contributed by atoms with Gasteiger partial charge in [-0.3, -0.25) is 14.4 Å². The number of amides is 3. The lowest BCUT2D eigenvalue weighted by Crippen LogP contribution is -2.55. The maximum Gasteiger partial charge on any atom is 0.243 e. The van der Waals surface area contributed by atoms with Gasteiger partial charge in [0.25, 0.3) is 0 Å². The predicted molar refractivity (Wildman–Crippen MR) is 147 cm³/mol. The van der Waals surface area contributed by atoms with Crippen molar-refractivity contribution >= 4 is 39.5 Å². The molecule has 1 aliphatic rings. The molecule has 0 saturated heterocycles. The van der Waals surface area contributed by atoms with Gasteiger partial charge in [0.1, 0.15) is 12.1 Å². The van der Waals surface area contributed by atoms with Crippen LogP contribution in [0.25, 0.3) is 21.8 Å². The van der Waals surface area contributed by atoms with E-state index in [-0.39, 0.29) is 23.8 Å². The molecule has 0 saturated carbocycles. The Balaban J connectivity index is 1.71. The number of hydrogen-bond donors (Lipinski definition) is 5. The highest BCUT2D eigenvalue weighted by Gasteiger charge is 2.27. The summed E-state index contributed by atoms with van der Waals surface area (Å²) in [6, 6.07) is 10.9. The van der Waals surface area contributed by atoms with E-state index in [1.807, 2.05) is 19.1 Å². The molecular weight excluding hydrogens is 466 g/mol. The Bertz CT molecular complexity index is 1310. The molecule has 2 aromatic carbocycles. The van der Waals surface area contributed by atoms with Crippen LogP contribution < -0.4 is 21.7 Å². The molecule has 0 aliphatic carbocycles. The van der Waals surface area contributed by atoms with Crippen LogP contribution in [0.5, 0.6) is 0 Å². The number of nitrogens with one attached hydrogen (secondary N) is 4. The Labute approximate surface area is 217 Å². The third-order valence-electron chi connectivity index (χ3n) is 6.84. The first kappa shape index (κ1) is 26.4. The quantitative estimate of drug-likeness (QED) is 0.271. The molecule has 1 aromatic heterocycles. The highest BCUT2D eigenvalue weighted by Crippen LogP contribution is 2.28. The summed E-state index contributed by atoms with van der Waals surface area (Å²) in [5, 5.41) is 10.9. The maximum absolute atomic E-state index is 13.4. The second-order valence-corrected chi connectivity index (χ2v) is 10.0. The average molecular weight is 504 g/mol. The first-order valence-corrected chi connectivity index (χ1v) is 13.1. The Hall–Kier alpha value is -3.65. The molecule has 0 spiro atoms. The zero-order valence-corrected chi connectivity index (χ0v) is 21.6. The van der Waals surface area contributed by atoms with Crippen LogP contribution >= 0.6 is 0 Å². The van der Waals surface area contributed by atoms with Gasteiger partial charge in [-0.05, 0) is 81.0 Å². The lowest BCUT2D eigenvalue weighted by atomic mass is 10.0. The van der Waals surface area contributed by atoms with Crippen LogP contribution in [0.3, 0.4) is 0 Å². The zero-order chi connectivity index (χ0) is 26.4. The van der Waals surface area contributed by atoms with E-state index in [2.05, 4.69) is 57.4 Å². The number of unbranched alkanes of at least 4 members (excludes halogenated alkanes) is 1. The van der Waals surface area contributed by atoms with Crippen molar-refractivity contribution in [2.24, 2.45) is 5.73 Å². The minimum Gasteiger partial charge on any atom is -0.355 e. The van der Waals surface area contributed by atoms with Crippen LogP contribution in [0.1, 0.15) is 50.7 Å². The minimum absolute atomic E-state index is 0.0886. The minimum atomic E-state index is -0.806. The summed E-state index contributed by atoms with van der Waals surface area (Å²) in [5.74, 6) is -0.902. The van der Waals surface area contributed by atoms with E-state index in [1.54, 1.807) is 0 Å². The van der Waals surface area contributed by atoms with Crippen LogP contribution in [0, 0.1) is 0 Å². The fourth-order valence-corrected chi connectivity index (χ4v) is 4.89. The molecule has 0 fully saturated rings. The summed E-state index contributed by atoms with van der Waals surface area (Å²) in [7, 11) is 0. The predicted octanol–water partition coefficient (Wildman–Crippen LogP) is 2.99. The van der Waals surface area contributed by atoms with Crippen LogP contribution in [0.4, 0.5) is 0 Å². The largest absolute Gasteiger partial charge is 0.355 e. The van der Waals surface area contributed by atoms with Crippen molar-refractivity contribution in [2.45, 2.75) is 70.5 Å². The number of carbonyl (C=O) groups is 3. The van der Waals surface area contributed by atoms with Gasteiger partial charge in [-0.25, -0.2) is 0 Å². The van der Waals surface area contributed by atoms with E-state index >= 15 is 0 Å². The molecule has 4 bridgehead atoms. The molecule has 37 heavy (non-hydrogen) atoms. The summed E-state index contributed by atoms with van der Waals surface area (Å²) in [6.07, 6.45) is 7.96. The maximum atomic E-state index is 13.4. The number of nitrogens with two attached hydrogens (primary N) is 1. The summed E-state index contributed by atoms with van der Waals surface area (Å²) in [6.45, 7) is 3.87. The standard InChI is InChI=1S/C29H37N5O3/c1-18-7-3-4-8-20-10-12-24-22(15-20)23-16-21(11-13-25(23)33-24)17-27(32-19(2)35)29(37)34-26(28(36)31-18)9-5-6-14-30/h3-4,10-13,15-16,18,26-27,33H,5-9,14,17,30H2,1-2H3,(H,31,36)(H,32,35)(H,34,37)/t18-,26-,27?/m1/s1. The van der Waals surface area contributed by atoms with Gasteiger partial charge in [-0.15, -0.1) is 0 Å². The molecule has 3 aromatic rings. The van der Waals surface area contributed by atoms with Crippen molar-refractivity contribution in [3.8, 4) is 0 Å². The van der Waals surface area contributed by atoms with Gasteiger partial charge < -0.3 is 26.7 Å². The van der Waals surface area contributed by atoms with Crippen LogP contribution in [0.2, 0.25) is 0 Å². The molecule has 8 heteroatoms. The Morgan fingerprint density at radius 3 is 2.38 bits per heavy atom. The van der Waals surface area contributed by atoms with Crippen molar-refractivity contribution in [3.63, 3.8) is 0 Å². The first-order chi connectivity index (χ1) is 17.8. The lowest BCUT2D eigenvalue weighted by molar-refractivity contribution is -0.132. The van der Waals surface area contributed by atoms with E-state index < -0.39 is 12.1 Å². The molecule has 1 unspecified atom stereocenters. The van der Waals surface area contributed by atoms with Gasteiger partial charge >= 0.3 is 0 Å². The van der Waals surface area contributed by atoms with E-state index in [9.17, 15) is 14.4 Å². The van der Waals surface area contributed by atoms with Crippen molar-refractivity contribution in [2.75, 3.05) is 6.54 Å². The fraction of sp³-hybridized carbons (Fsp3) is 0.414. The summed E-state index contributed by atoms with van der Waals surface area (Å²) >= 11 is 0. The van der Waals surface area contributed by atoms with Crippen molar-refractivity contribution in [3.05, 3.63) is 59.7 Å². The molecule has 2 heterocycles. The van der Waals surface area contributed by atoms with Gasteiger partial charge in [0.2, 0.25) is 17.7 Å². The smallest absolute Gasteiger partial charge is 0.243 e. The normalized spacial score (nSPS) is 21.2. The molecule has 3 atom stereocenters. The number of fused-ring (bicyclic) bond motifs is 2. The molecule has 196 valence electrons. The number of allylic oxidation sites excluding steroid dienone is 1. The van der Waals surface area contributed by atoms with Crippen molar-refractivity contribution in [1.82, 2.24) is 20.9 Å². The average Bonchev–Trinajstić information content (AvgIpc) is 3.22. The molecule has 1 aliphatic heterocycles. The molecule has 6 N–H and O–H groups in total. The summed E-state index contributed by atoms with van der Waals surface area (Å²) in [4.78, 5) is 41.9. The van der Waals surface area contributed by atoms with Gasteiger partial charge in [0.15, 0.2) is 0 Å². The van der Waals surface area contributed by atoms with Crippen molar-refractivity contribution < 1.29 is 14.4 Å². The number of hydrogen-bond acceptors (Lipinski definition) is 4. The first-order valence-electron chi connectivity index (χ1n) is 13.1. The number of aromatic nitrogens is 1. The molecule has 8 nitrogen and oxygen atoms in total. The monoisotopic (exact) mass is 503 g/mol. The van der Waals surface area contributed by atoms with E-state index in [1.165, 1.54) is 12.5 Å². The van der Waals surface area contributed by atoms with Crippen molar-refractivity contribution in [1.29, 1.82) is 0 Å². The van der Waals surface area contributed by atoms with Gasteiger partial charge in [-0.1, -0.05) is 24.3 Å². The fourth-order valence-electron chi connectivity index (χ4n) is 4.89. The third-order valence-corrected chi connectivity index (χ3v) is 6.84. The Morgan fingerprint density at radius 2 is 1.68 bits per heavy atom. The number of H-pyrrole nitrogens is 1. The number of aromatic amines is 1. The van der Waals surface area contributed by atoms with Gasteiger partial charge in [0.05, 0.1) is 0 Å². The number of rotatable bonds is 5. The number of benzene rings is 2. The zero-order valence-electron chi connectivity index (χ0n) is 21.6. The SMILES string of the molecule is CC(=O)NC1Cc2ccc3[nH]c4ccc(cc4c3c2)CC=CC[C@@H](C)NC(=O)[C@@H](CCCCN)NC1=O. The van der Waals surface area contributed by atoms with Gasteiger partial charge in [-0.2, -0.15) is 0 Å². The summed E-state index contributed by atoms with van der Waals surface area (Å²) < 4.78 is 0. The second kappa shape index (κ2) is 12.1.